The lowest BCUT2D eigenvalue weighted by atomic mass is 10.2. The van der Waals surface area contributed by atoms with Gasteiger partial charge in [-0.25, -0.2) is 17.5 Å². The molecule has 0 aliphatic rings. The molecule has 0 saturated carbocycles. The Bertz CT molecular complexity index is 794. The predicted molar refractivity (Wildman–Crippen MR) is 95.5 cm³/mol. The summed E-state index contributed by atoms with van der Waals surface area (Å²) in [6.07, 6.45) is 0. The van der Waals surface area contributed by atoms with Gasteiger partial charge < -0.3 is 4.74 Å². The highest BCUT2D eigenvalue weighted by molar-refractivity contribution is 7.98. The van der Waals surface area contributed by atoms with Crippen LogP contribution in [0.25, 0.3) is 0 Å². The van der Waals surface area contributed by atoms with E-state index in [1.807, 2.05) is 19.1 Å². The Kier molecular flexibility index (Phi) is 6.65. The molecule has 0 heterocycles. The van der Waals surface area contributed by atoms with Crippen LogP contribution in [0.4, 0.5) is 4.39 Å². The Morgan fingerprint density at radius 1 is 1.21 bits per heavy atom. The van der Waals surface area contributed by atoms with Crippen molar-refractivity contribution in [2.75, 3.05) is 19.4 Å². The molecule has 0 aromatic heterocycles. The molecule has 1 N–H and O–H groups in total. The monoisotopic (exact) mass is 369 g/mol. The van der Waals surface area contributed by atoms with Crippen LogP contribution in [-0.2, 0) is 15.8 Å². The molecule has 0 saturated heterocycles. The van der Waals surface area contributed by atoms with E-state index in [1.165, 1.54) is 30.4 Å². The van der Waals surface area contributed by atoms with Gasteiger partial charge in [-0.2, -0.15) is 11.8 Å². The van der Waals surface area contributed by atoms with Crippen molar-refractivity contribution in [2.24, 2.45) is 0 Å². The van der Waals surface area contributed by atoms with E-state index < -0.39 is 15.8 Å². The van der Waals surface area contributed by atoms with Crippen LogP contribution in [0.2, 0.25) is 0 Å². The van der Waals surface area contributed by atoms with E-state index in [0.717, 1.165) is 11.8 Å². The first-order valence-electron chi connectivity index (χ1n) is 7.39. The topological polar surface area (TPSA) is 55.4 Å². The van der Waals surface area contributed by atoms with Crippen molar-refractivity contribution in [1.29, 1.82) is 0 Å². The van der Waals surface area contributed by atoms with E-state index >= 15 is 0 Å². The maximum absolute atomic E-state index is 13.4. The first-order chi connectivity index (χ1) is 11.4. The number of methoxy groups -OCH3 is 1. The second-order valence-corrected chi connectivity index (χ2v) is 8.11. The molecule has 7 heteroatoms. The lowest BCUT2D eigenvalue weighted by molar-refractivity contribution is 0.385. The minimum atomic E-state index is -3.67. The number of benzene rings is 2. The molecule has 4 nitrogen and oxygen atoms in total. The number of aryl methyl sites for hydroxylation is 1. The summed E-state index contributed by atoms with van der Waals surface area (Å²) >= 11 is 1.65. The SMILES string of the molecule is COc1cc(S(=O)(=O)NCCSCc2cccc(C)c2)ccc1F. The fourth-order valence-electron chi connectivity index (χ4n) is 2.13. The van der Waals surface area contributed by atoms with Gasteiger partial charge >= 0.3 is 0 Å². The van der Waals surface area contributed by atoms with E-state index in [9.17, 15) is 12.8 Å². The summed E-state index contributed by atoms with van der Waals surface area (Å²) < 4.78 is 45.1. The molecule has 0 amide bonds. The van der Waals surface area contributed by atoms with Gasteiger partial charge in [0.2, 0.25) is 10.0 Å². The Balaban J connectivity index is 1.84. The summed E-state index contributed by atoms with van der Waals surface area (Å²) in [5.74, 6) is 0.788. The van der Waals surface area contributed by atoms with Gasteiger partial charge in [-0.05, 0) is 24.6 Å². The zero-order valence-electron chi connectivity index (χ0n) is 13.6. The van der Waals surface area contributed by atoms with Gasteiger partial charge in [0.1, 0.15) is 0 Å². The number of hydrogen-bond acceptors (Lipinski definition) is 4. The molecule has 2 rings (SSSR count). The van der Waals surface area contributed by atoms with Gasteiger partial charge in [0.25, 0.3) is 0 Å². The summed E-state index contributed by atoms with van der Waals surface area (Å²) in [5, 5.41) is 0. The number of sulfonamides is 1. The van der Waals surface area contributed by atoms with Crippen molar-refractivity contribution in [3.63, 3.8) is 0 Å². The smallest absolute Gasteiger partial charge is 0.240 e. The third-order valence-electron chi connectivity index (χ3n) is 3.32. The molecular weight excluding hydrogens is 349 g/mol. The minimum absolute atomic E-state index is 0.00978. The summed E-state index contributed by atoms with van der Waals surface area (Å²) in [4.78, 5) is -0.00978. The van der Waals surface area contributed by atoms with Crippen LogP contribution in [0, 0.1) is 12.7 Å². The van der Waals surface area contributed by atoms with Gasteiger partial charge in [0.15, 0.2) is 11.6 Å². The second kappa shape index (κ2) is 8.50. The molecule has 0 bridgehead atoms. The van der Waals surface area contributed by atoms with Crippen LogP contribution in [0.3, 0.4) is 0 Å². The summed E-state index contributed by atoms with van der Waals surface area (Å²) in [6, 6.07) is 11.7. The van der Waals surface area contributed by atoms with Crippen molar-refractivity contribution in [3.8, 4) is 5.75 Å². The third-order valence-corrected chi connectivity index (χ3v) is 5.81. The maximum Gasteiger partial charge on any atom is 0.240 e. The number of hydrogen-bond donors (Lipinski definition) is 1. The zero-order valence-corrected chi connectivity index (χ0v) is 15.2. The third kappa shape index (κ3) is 5.22. The van der Waals surface area contributed by atoms with Gasteiger partial charge in [-0.3, -0.25) is 0 Å². The molecule has 0 unspecified atom stereocenters. The molecule has 0 fully saturated rings. The number of ether oxygens (including phenoxy) is 1. The van der Waals surface area contributed by atoms with E-state index in [-0.39, 0.29) is 10.6 Å². The molecule has 0 aliphatic carbocycles. The fraction of sp³-hybridized carbons (Fsp3) is 0.294. The van der Waals surface area contributed by atoms with Crippen LogP contribution in [0.15, 0.2) is 47.4 Å². The molecule has 130 valence electrons. The van der Waals surface area contributed by atoms with Crippen LogP contribution in [-0.4, -0.2) is 27.8 Å². The molecule has 2 aromatic rings. The molecule has 0 aliphatic heterocycles. The van der Waals surface area contributed by atoms with Crippen molar-refractivity contribution in [3.05, 3.63) is 59.4 Å². The Morgan fingerprint density at radius 3 is 2.71 bits per heavy atom. The van der Waals surface area contributed by atoms with Gasteiger partial charge in [0, 0.05) is 24.1 Å². The average molecular weight is 369 g/mol. The zero-order chi connectivity index (χ0) is 17.6. The first kappa shape index (κ1) is 18.8. The number of halogens is 1. The molecular formula is C17H20FNO3S2. The van der Waals surface area contributed by atoms with Crippen LogP contribution in [0.1, 0.15) is 11.1 Å². The number of rotatable bonds is 8. The molecule has 0 radical (unpaired) electrons. The van der Waals surface area contributed by atoms with Crippen LogP contribution in [0.5, 0.6) is 5.75 Å². The van der Waals surface area contributed by atoms with Gasteiger partial charge in [-0.15, -0.1) is 0 Å². The van der Waals surface area contributed by atoms with E-state index in [2.05, 4.69) is 16.9 Å². The predicted octanol–water partition coefficient (Wildman–Crippen LogP) is 3.35. The van der Waals surface area contributed by atoms with Crippen molar-refractivity contribution in [2.45, 2.75) is 17.6 Å². The van der Waals surface area contributed by atoms with E-state index in [1.54, 1.807) is 11.8 Å². The average Bonchev–Trinajstić information content (AvgIpc) is 2.54. The highest BCUT2D eigenvalue weighted by atomic mass is 32.2. The largest absolute Gasteiger partial charge is 0.494 e. The fourth-order valence-corrected chi connectivity index (χ4v) is 4.11. The first-order valence-corrected chi connectivity index (χ1v) is 10.0. The quantitative estimate of drug-likeness (QED) is 0.725. The highest BCUT2D eigenvalue weighted by Gasteiger charge is 2.16. The Labute approximate surface area is 146 Å². The van der Waals surface area contributed by atoms with Crippen molar-refractivity contribution < 1.29 is 17.5 Å². The number of nitrogens with one attached hydrogen (secondary N) is 1. The molecule has 2 aromatic carbocycles. The standard InChI is InChI=1S/C17H20FNO3S2/c1-13-4-3-5-14(10-13)12-23-9-8-19-24(20,21)15-6-7-16(18)17(11-15)22-2/h3-7,10-11,19H,8-9,12H2,1-2H3. The number of thioether (sulfide) groups is 1. The second-order valence-electron chi connectivity index (χ2n) is 5.24. The van der Waals surface area contributed by atoms with E-state index in [4.69, 9.17) is 4.74 Å². The summed E-state index contributed by atoms with van der Waals surface area (Å²) in [7, 11) is -2.38. The lowest BCUT2D eigenvalue weighted by Crippen LogP contribution is -2.26. The van der Waals surface area contributed by atoms with E-state index in [0.29, 0.717) is 12.3 Å². The molecule has 0 spiro atoms. The lowest BCUT2D eigenvalue weighted by Gasteiger charge is -2.09. The van der Waals surface area contributed by atoms with Crippen molar-refractivity contribution >= 4 is 21.8 Å². The van der Waals surface area contributed by atoms with Gasteiger partial charge in [-0.1, -0.05) is 29.8 Å². The Morgan fingerprint density at radius 2 is 2.00 bits per heavy atom. The van der Waals surface area contributed by atoms with Crippen LogP contribution >= 0.6 is 11.8 Å². The Hall–Kier alpha value is -1.57. The van der Waals surface area contributed by atoms with Crippen LogP contribution < -0.4 is 9.46 Å². The molecule has 0 atom stereocenters. The minimum Gasteiger partial charge on any atom is -0.494 e. The van der Waals surface area contributed by atoms with Gasteiger partial charge in [0.05, 0.1) is 12.0 Å². The van der Waals surface area contributed by atoms with Crippen molar-refractivity contribution in [1.82, 2.24) is 4.72 Å². The normalized spacial score (nSPS) is 11.5. The molecule has 24 heavy (non-hydrogen) atoms. The summed E-state index contributed by atoms with van der Waals surface area (Å²) in [5.41, 5.74) is 2.42. The maximum atomic E-state index is 13.4. The highest BCUT2D eigenvalue weighted by Crippen LogP contribution is 2.21. The summed E-state index contributed by atoms with van der Waals surface area (Å²) in [6.45, 7) is 2.35.